The normalized spacial score (nSPS) is 11.9. The molecule has 0 aromatic heterocycles. The van der Waals surface area contributed by atoms with E-state index in [9.17, 15) is 4.79 Å². The molecule has 3 nitrogen and oxygen atoms in total. The average Bonchev–Trinajstić information content (AvgIpc) is 2.14. The molecule has 0 aromatic rings. The van der Waals surface area contributed by atoms with Gasteiger partial charge in [0.2, 0.25) is 0 Å². The molecule has 0 saturated heterocycles. The zero-order valence-electron chi connectivity index (χ0n) is 9.83. The van der Waals surface area contributed by atoms with Crippen molar-refractivity contribution in [2.45, 2.75) is 46.7 Å². The van der Waals surface area contributed by atoms with Gasteiger partial charge in [-0.15, -0.1) is 0 Å². The maximum absolute atomic E-state index is 10.7. The molecule has 0 aromatic carbocycles. The lowest BCUT2D eigenvalue weighted by atomic mass is 10.3. The van der Waals surface area contributed by atoms with Crippen LogP contribution in [0, 0.1) is 0 Å². The number of carbonyl (C=O) groups is 1. The largest absolute Gasteiger partial charge is 0.480 e. The van der Waals surface area contributed by atoms with Crippen LogP contribution in [0.4, 0.5) is 0 Å². The second-order valence-electron chi connectivity index (χ2n) is 2.87. The summed E-state index contributed by atoms with van der Waals surface area (Å²) in [6.45, 7) is 9.93. The number of hydrogen-bond acceptors (Lipinski definition) is 3. The average molecular weight is 221 g/mol. The van der Waals surface area contributed by atoms with Crippen molar-refractivity contribution in [1.82, 2.24) is 5.32 Å². The Kier molecular flexibility index (Phi) is 12.6. The highest BCUT2D eigenvalue weighted by Crippen LogP contribution is 2.02. The highest BCUT2D eigenvalue weighted by molar-refractivity contribution is 7.99. The summed E-state index contributed by atoms with van der Waals surface area (Å²) >= 11 is 1.64. The van der Waals surface area contributed by atoms with Gasteiger partial charge < -0.3 is 10.4 Å². The fraction of sp³-hybridized carbons (Fsp3) is 0.900. The summed E-state index contributed by atoms with van der Waals surface area (Å²) in [5.74, 6) is 0.845. The topological polar surface area (TPSA) is 49.3 Å². The summed E-state index contributed by atoms with van der Waals surface area (Å²) in [5.41, 5.74) is 0. The fourth-order valence-electron chi connectivity index (χ4n) is 0.829. The SMILES string of the molecule is CC.CCSCC(NC(C)C)C(=O)O. The van der Waals surface area contributed by atoms with Crippen LogP contribution in [0.1, 0.15) is 34.6 Å². The quantitative estimate of drug-likeness (QED) is 0.722. The Morgan fingerprint density at radius 3 is 2.21 bits per heavy atom. The molecule has 1 atom stereocenters. The maximum Gasteiger partial charge on any atom is 0.321 e. The van der Waals surface area contributed by atoms with Crippen LogP contribution in [-0.2, 0) is 4.79 Å². The number of carboxylic acid groups (broad SMARTS) is 1. The highest BCUT2D eigenvalue weighted by Gasteiger charge is 2.16. The van der Waals surface area contributed by atoms with Crippen molar-refractivity contribution in [1.29, 1.82) is 0 Å². The number of aliphatic carboxylic acids is 1. The van der Waals surface area contributed by atoms with Crippen LogP contribution in [0.15, 0.2) is 0 Å². The van der Waals surface area contributed by atoms with Crippen molar-refractivity contribution in [3.8, 4) is 0 Å². The van der Waals surface area contributed by atoms with Crippen LogP contribution in [0.3, 0.4) is 0 Å². The van der Waals surface area contributed by atoms with Crippen LogP contribution in [-0.4, -0.2) is 34.7 Å². The molecule has 0 aliphatic heterocycles. The molecule has 0 saturated carbocycles. The lowest BCUT2D eigenvalue weighted by molar-refractivity contribution is -0.139. The Bertz CT molecular complexity index is 140. The molecule has 0 bridgehead atoms. The standard InChI is InChI=1S/C8H17NO2S.C2H6/c1-4-12-5-7(8(10)11)9-6(2)3;1-2/h6-7,9H,4-5H2,1-3H3,(H,10,11);1-2H3. The number of rotatable bonds is 6. The molecule has 0 spiro atoms. The molecule has 0 amide bonds. The van der Waals surface area contributed by atoms with Crippen LogP contribution in [0.25, 0.3) is 0 Å². The number of carboxylic acids is 1. The van der Waals surface area contributed by atoms with Gasteiger partial charge in [0.1, 0.15) is 6.04 Å². The van der Waals surface area contributed by atoms with Crippen molar-refractivity contribution in [2.75, 3.05) is 11.5 Å². The molecule has 0 heterocycles. The van der Waals surface area contributed by atoms with Gasteiger partial charge in [0.05, 0.1) is 0 Å². The van der Waals surface area contributed by atoms with Crippen molar-refractivity contribution in [3.05, 3.63) is 0 Å². The number of hydrogen-bond donors (Lipinski definition) is 2. The summed E-state index contributed by atoms with van der Waals surface area (Å²) in [5, 5.41) is 11.8. The van der Waals surface area contributed by atoms with Crippen molar-refractivity contribution >= 4 is 17.7 Å². The van der Waals surface area contributed by atoms with Gasteiger partial charge >= 0.3 is 5.97 Å². The predicted octanol–water partition coefficient (Wildman–Crippen LogP) is 2.22. The molecular weight excluding hydrogens is 198 g/mol. The van der Waals surface area contributed by atoms with Crippen LogP contribution >= 0.6 is 11.8 Å². The zero-order valence-corrected chi connectivity index (χ0v) is 10.6. The maximum atomic E-state index is 10.7. The van der Waals surface area contributed by atoms with E-state index in [1.54, 1.807) is 11.8 Å². The minimum Gasteiger partial charge on any atom is -0.480 e. The smallest absolute Gasteiger partial charge is 0.321 e. The lowest BCUT2D eigenvalue weighted by Gasteiger charge is -2.16. The molecule has 4 heteroatoms. The van der Waals surface area contributed by atoms with Crippen LogP contribution < -0.4 is 5.32 Å². The monoisotopic (exact) mass is 221 g/mol. The molecule has 2 N–H and O–H groups in total. The minimum absolute atomic E-state index is 0.226. The van der Waals surface area contributed by atoms with Gasteiger partial charge in [-0.05, 0) is 5.75 Å². The van der Waals surface area contributed by atoms with Gasteiger partial charge in [0.25, 0.3) is 0 Å². The summed E-state index contributed by atoms with van der Waals surface area (Å²) in [6, 6.07) is -0.182. The third-order valence-electron chi connectivity index (χ3n) is 1.32. The van der Waals surface area contributed by atoms with Gasteiger partial charge in [-0.25, -0.2) is 0 Å². The van der Waals surface area contributed by atoms with Gasteiger partial charge in [0, 0.05) is 11.8 Å². The molecule has 14 heavy (non-hydrogen) atoms. The van der Waals surface area contributed by atoms with E-state index in [1.165, 1.54) is 0 Å². The van der Waals surface area contributed by atoms with E-state index < -0.39 is 12.0 Å². The van der Waals surface area contributed by atoms with E-state index in [2.05, 4.69) is 5.32 Å². The second-order valence-corrected chi connectivity index (χ2v) is 4.19. The summed E-state index contributed by atoms with van der Waals surface area (Å²) < 4.78 is 0. The molecule has 86 valence electrons. The number of nitrogens with one attached hydrogen (secondary N) is 1. The summed E-state index contributed by atoms with van der Waals surface area (Å²) in [7, 11) is 0. The molecule has 0 aliphatic rings. The molecule has 0 aliphatic carbocycles. The van der Waals surface area contributed by atoms with Gasteiger partial charge in [-0.1, -0.05) is 34.6 Å². The molecule has 0 radical (unpaired) electrons. The Balaban J connectivity index is 0. The lowest BCUT2D eigenvalue weighted by Crippen LogP contribution is -2.42. The Morgan fingerprint density at radius 2 is 1.93 bits per heavy atom. The van der Waals surface area contributed by atoms with Gasteiger partial charge in [-0.2, -0.15) is 11.8 Å². The first kappa shape index (κ1) is 16.2. The van der Waals surface area contributed by atoms with Crippen LogP contribution in [0.2, 0.25) is 0 Å². The van der Waals surface area contributed by atoms with Crippen LogP contribution in [0.5, 0.6) is 0 Å². The molecular formula is C10H23NO2S. The van der Waals surface area contributed by atoms with E-state index >= 15 is 0 Å². The zero-order chi connectivity index (χ0) is 11.6. The highest BCUT2D eigenvalue weighted by atomic mass is 32.2. The molecule has 1 unspecified atom stereocenters. The van der Waals surface area contributed by atoms with E-state index in [4.69, 9.17) is 5.11 Å². The van der Waals surface area contributed by atoms with E-state index in [0.717, 1.165) is 5.75 Å². The molecule has 0 fully saturated rings. The van der Waals surface area contributed by atoms with E-state index in [1.807, 2.05) is 34.6 Å². The van der Waals surface area contributed by atoms with Gasteiger partial charge in [0.15, 0.2) is 0 Å². The fourth-order valence-corrected chi connectivity index (χ4v) is 1.54. The Labute approximate surface area is 91.7 Å². The first-order chi connectivity index (χ1) is 6.57. The Hall–Kier alpha value is -0.220. The second kappa shape index (κ2) is 10.9. The van der Waals surface area contributed by atoms with Gasteiger partial charge in [-0.3, -0.25) is 4.79 Å². The van der Waals surface area contributed by atoms with Crippen molar-refractivity contribution < 1.29 is 9.90 Å². The van der Waals surface area contributed by atoms with E-state index in [0.29, 0.717) is 5.75 Å². The molecule has 0 rings (SSSR count). The Morgan fingerprint density at radius 1 is 1.43 bits per heavy atom. The van der Waals surface area contributed by atoms with E-state index in [-0.39, 0.29) is 6.04 Å². The first-order valence-electron chi connectivity index (χ1n) is 5.14. The predicted molar refractivity (Wildman–Crippen MR) is 64.0 cm³/mol. The third kappa shape index (κ3) is 9.86. The summed E-state index contributed by atoms with van der Waals surface area (Å²) in [6.07, 6.45) is 0. The number of thioether (sulfide) groups is 1. The first-order valence-corrected chi connectivity index (χ1v) is 6.30. The summed E-state index contributed by atoms with van der Waals surface area (Å²) in [4.78, 5) is 10.7. The third-order valence-corrected chi connectivity index (χ3v) is 2.30. The van der Waals surface area contributed by atoms with Crippen molar-refractivity contribution in [2.24, 2.45) is 0 Å². The minimum atomic E-state index is -0.760. The van der Waals surface area contributed by atoms with Crippen molar-refractivity contribution in [3.63, 3.8) is 0 Å².